The van der Waals surface area contributed by atoms with E-state index in [2.05, 4.69) is 10.3 Å². The zero-order valence-corrected chi connectivity index (χ0v) is 9.84. The van der Waals surface area contributed by atoms with E-state index in [1.54, 1.807) is 0 Å². The van der Waals surface area contributed by atoms with Crippen LogP contribution in [0.2, 0.25) is 0 Å². The minimum absolute atomic E-state index is 0.148. The van der Waals surface area contributed by atoms with Gasteiger partial charge < -0.3 is 16.2 Å². The summed E-state index contributed by atoms with van der Waals surface area (Å²) in [6.07, 6.45) is 3.33. The van der Waals surface area contributed by atoms with Crippen LogP contribution in [0, 0.1) is 0 Å². The average molecular weight is 233 g/mol. The summed E-state index contributed by atoms with van der Waals surface area (Å²) < 4.78 is 0. The summed E-state index contributed by atoms with van der Waals surface area (Å²) in [5, 5.41) is 12.5. The molecule has 4 heteroatoms. The van der Waals surface area contributed by atoms with Crippen LogP contribution in [-0.2, 0) is 0 Å². The lowest BCUT2D eigenvalue weighted by molar-refractivity contribution is 0.123. The molecule has 0 bridgehead atoms. The number of hydrogen-bond donors (Lipinski definition) is 3. The van der Waals surface area contributed by atoms with Crippen molar-refractivity contribution in [2.45, 2.75) is 37.8 Å². The standard InChI is InChI=1S/C13H19N3O/c14-13(15-10-4-2-1-3-5-10)16-11-6-8-12(17)9-7-11/h1-5,11-12,17H,6-9H2,(H3,14,15,16). The maximum atomic E-state index is 9.40. The van der Waals surface area contributed by atoms with Crippen LogP contribution in [0.1, 0.15) is 25.7 Å². The Labute approximate surface area is 102 Å². The van der Waals surface area contributed by atoms with Gasteiger partial charge in [-0.15, -0.1) is 0 Å². The van der Waals surface area contributed by atoms with Crippen LogP contribution in [0.25, 0.3) is 0 Å². The van der Waals surface area contributed by atoms with Gasteiger partial charge in [-0.1, -0.05) is 18.2 Å². The quantitative estimate of drug-likeness (QED) is 0.538. The van der Waals surface area contributed by atoms with Crippen LogP contribution in [0.15, 0.2) is 35.3 Å². The second kappa shape index (κ2) is 5.68. The number of aliphatic hydroxyl groups is 1. The molecule has 17 heavy (non-hydrogen) atoms. The lowest BCUT2D eigenvalue weighted by Gasteiger charge is -2.22. The van der Waals surface area contributed by atoms with Gasteiger partial charge in [0.2, 0.25) is 0 Å². The summed E-state index contributed by atoms with van der Waals surface area (Å²) in [5.41, 5.74) is 6.80. The Morgan fingerprint density at radius 3 is 2.47 bits per heavy atom. The molecule has 0 atom stereocenters. The summed E-state index contributed by atoms with van der Waals surface area (Å²) in [6.45, 7) is 0. The molecule has 0 unspecified atom stereocenters. The third-order valence-electron chi connectivity index (χ3n) is 3.03. The van der Waals surface area contributed by atoms with Crippen molar-refractivity contribution in [3.63, 3.8) is 0 Å². The molecule has 4 N–H and O–H groups in total. The summed E-state index contributed by atoms with van der Waals surface area (Å²) in [6, 6.07) is 10.0. The van der Waals surface area contributed by atoms with Gasteiger partial charge in [-0.05, 0) is 37.8 Å². The second-order valence-electron chi connectivity index (χ2n) is 4.47. The van der Waals surface area contributed by atoms with Gasteiger partial charge >= 0.3 is 0 Å². The maximum Gasteiger partial charge on any atom is 0.193 e. The lowest BCUT2D eigenvalue weighted by Crippen LogP contribution is -2.28. The maximum absolute atomic E-state index is 9.40. The molecule has 1 aliphatic carbocycles. The number of nitrogens with two attached hydrogens (primary N) is 1. The topological polar surface area (TPSA) is 70.6 Å². The summed E-state index contributed by atoms with van der Waals surface area (Å²) in [4.78, 5) is 4.44. The first-order chi connectivity index (χ1) is 8.24. The van der Waals surface area contributed by atoms with Crippen molar-refractivity contribution in [2.24, 2.45) is 10.7 Å². The number of nitrogens with one attached hydrogen (secondary N) is 1. The molecule has 0 amide bonds. The van der Waals surface area contributed by atoms with E-state index in [9.17, 15) is 5.11 Å². The van der Waals surface area contributed by atoms with Crippen LogP contribution in [-0.4, -0.2) is 23.2 Å². The summed E-state index contributed by atoms with van der Waals surface area (Å²) >= 11 is 0. The fourth-order valence-corrected chi connectivity index (χ4v) is 2.09. The Hall–Kier alpha value is -1.55. The van der Waals surface area contributed by atoms with Crippen molar-refractivity contribution >= 4 is 11.6 Å². The minimum atomic E-state index is -0.148. The molecule has 0 spiro atoms. The molecule has 1 fully saturated rings. The predicted octanol–water partition coefficient (Wildman–Crippen LogP) is 1.72. The molecule has 0 aromatic heterocycles. The van der Waals surface area contributed by atoms with Gasteiger partial charge in [-0.25, -0.2) is 4.99 Å². The van der Waals surface area contributed by atoms with Crippen molar-refractivity contribution in [3.8, 4) is 0 Å². The van der Waals surface area contributed by atoms with Gasteiger partial charge in [-0.2, -0.15) is 0 Å². The SMILES string of the molecule is NC(=NC1CCC(O)CC1)Nc1ccccc1. The third-order valence-corrected chi connectivity index (χ3v) is 3.03. The molecule has 2 rings (SSSR count). The number of hydrogen-bond acceptors (Lipinski definition) is 2. The molecule has 0 radical (unpaired) electrons. The van der Waals surface area contributed by atoms with Crippen molar-refractivity contribution in [1.82, 2.24) is 0 Å². The highest BCUT2D eigenvalue weighted by atomic mass is 16.3. The van der Waals surface area contributed by atoms with Gasteiger partial charge in [0.05, 0.1) is 12.1 Å². The van der Waals surface area contributed by atoms with E-state index in [1.165, 1.54) is 0 Å². The van der Waals surface area contributed by atoms with Crippen molar-refractivity contribution < 1.29 is 5.11 Å². The smallest absolute Gasteiger partial charge is 0.193 e. The van der Waals surface area contributed by atoms with E-state index >= 15 is 0 Å². The van der Waals surface area contributed by atoms with E-state index < -0.39 is 0 Å². The molecule has 1 aromatic carbocycles. The molecule has 1 aromatic rings. The Bertz CT molecular complexity index is 370. The van der Waals surface area contributed by atoms with Crippen molar-refractivity contribution in [3.05, 3.63) is 30.3 Å². The highest BCUT2D eigenvalue weighted by Gasteiger charge is 2.18. The molecule has 0 aliphatic heterocycles. The number of aliphatic imine (C=N–C) groups is 1. The van der Waals surface area contributed by atoms with Crippen LogP contribution in [0.4, 0.5) is 5.69 Å². The van der Waals surface area contributed by atoms with Crippen molar-refractivity contribution in [1.29, 1.82) is 0 Å². The van der Waals surface area contributed by atoms with Gasteiger partial charge in [0.15, 0.2) is 5.96 Å². The van der Waals surface area contributed by atoms with Gasteiger partial charge in [-0.3, -0.25) is 0 Å². The molecule has 4 nitrogen and oxygen atoms in total. The van der Waals surface area contributed by atoms with Gasteiger partial charge in [0, 0.05) is 5.69 Å². The van der Waals surface area contributed by atoms with Crippen LogP contribution in [0.5, 0.6) is 0 Å². The first kappa shape index (κ1) is 11.9. The number of rotatable bonds is 2. The van der Waals surface area contributed by atoms with Crippen molar-refractivity contribution in [2.75, 3.05) is 5.32 Å². The number of anilines is 1. The zero-order chi connectivity index (χ0) is 12.1. The predicted molar refractivity (Wildman–Crippen MR) is 69.9 cm³/mol. The molecule has 1 aliphatic rings. The molecule has 1 saturated carbocycles. The molecule has 0 saturated heterocycles. The number of nitrogens with zero attached hydrogens (tertiary/aromatic N) is 1. The third kappa shape index (κ3) is 3.75. The van der Waals surface area contributed by atoms with E-state index in [0.29, 0.717) is 5.96 Å². The second-order valence-corrected chi connectivity index (χ2v) is 4.47. The van der Waals surface area contributed by atoms with E-state index in [1.807, 2.05) is 30.3 Å². The Balaban J connectivity index is 1.89. The minimum Gasteiger partial charge on any atom is -0.393 e. The van der Waals surface area contributed by atoms with E-state index in [0.717, 1.165) is 31.4 Å². The molecular weight excluding hydrogens is 214 g/mol. The fraction of sp³-hybridized carbons (Fsp3) is 0.462. The normalized spacial score (nSPS) is 25.6. The Morgan fingerprint density at radius 1 is 1.18 bits per heavy atom. The summed E-state index contributed by atoms with van der Waals surface area (Å²) in [5.74, 6) is 0.456. The van der Waals surface area contributed by atoms with Gasteiger partial charge in [0.25, 0.3) is 0 Å². The number of para-hydroxylation sites is 1. The number of benzene rings is 1. The first-order valence-electron chi connectivity index (χ1n) is 6.07. The molecular formula is C13H19N3O. The highest BCUT2D eigenvalue weighted by molar-refractivity contribution is 5.92. The van der Waals surface area contributed by atoms with Gasteiger partial charge in [0.1, 0.15) is 0 Å². The Kier molecular flexibility index (Phi) is 3.98. The summed E-state index contributed by atoms with van der Waals surface area (Å²) in [7, 11) is 0. The number of aliphatic hydroxyl groups excluding tert-OH is 1. The molecule has 0 heterocycles. The largest absolute Gasteiger partial charge is 0.393 e. The van der Waals surface area contributed by atoms with E-state index in [-0.39, 0.29) is 12.1 Å². The zero-order valence-electron chi connectivity index (χ0n) is 9.84. The van der Waals surface area contributed by atoms with Crippen LogP contribution in [0.3, 0.4) is 0 Å². The first-order valence-corrected chi connectivity index (χ1v) is 6.07. The monoisotopic (exact) mass is 233 g/mol. The van der Waals surface area contributed by atoms with Crippen LogP contribution < -0.4 is 11.1 Å². The average Bonchev–Trinajstić information content (AvgIpc) is 2.33. The number of guanidine groups is 1. The highest BCUT2D eigenvalue weighted by Crippen LogP contribution is 2.20. The fourth-order valence-electron chi connectivity index (χ4n) is 2.09. The molecule has 92 valence electrons. The van der Waals surface area contributed by atoms with E-state index in [4.69, 9.17) is 5.73 Å². The lowest BCUT2D eigenvalue weighted by atomic mass is 9.94. The Morgan fingerprint density at radius 2 is 1.82 bits per heavy atom. The van der Waals surface area contributed by atoms with Crippen LogP contribution >= 0.6 is 0 Å².